The summed E-state index contributed by atoms with van der Waals surface area (Å²) in [6.07, 6.45) is 0. The van der Waals surface area contributed by atoms with Crippen LogP contribution in [-0.2, 0) is 10.0 Å². The molecule has 0 aliphatic heterocycles. The molecule has 0 saturated carbocycles. The van der Waals surface area contributed by atoms with E-state index in [-0.39, 0.29) is 10.6 Å². The third kappa shape index (κ3) is 3.59. The Morgan fingerprint density at radius 2 is 1.56 bits per heavy atom. The van der Waals surface area contributed by atoms with Crippen molar-refractivity contribution in [3.8, 4) is 22.6 Å². The molecule has 0 unspecified atom stereocenters. The van der Waals surface area contributed by atoms with E-state index in [4.69, 9.17) is 4.74 Å². The third-order valence-corrected chi connectivity index (χ3v) is 5.12. The first kappa shape index (κ1) is 16.9. The molecule has 3 rings (SSSR count). The lowest BCUT2D eigenvalue weighted by Gasteiger charge is -2.14. The van der Waals surface area contributed by atoms with E-state index in [1.54, 1.807) is 24.3 Å². The number of aromatic hydroxyl groups is 1. The molecule has 0 saturated heterocycles. The van der Waals surface area contributed by atoms with Gasteiger partial charge in [-0.05, 0) is 35.4 Å². The molecule has 0 aromatic heterocycles. The number of benzene rings is 3. The van der Waals surface area contributed by atoms with Crippen LogP contribution >= 0.6 is 0 Å². The maximum absolute atomic E-state index is 12.6. The molecule has 0 atom stereocenters. The molecule has 0 bridgehead atoms. The van der Waals surface area contributed by atoms with Crippen molar-refractivity contribution in [1.82, 2.24) is 0 Å². The molecule has 5 nitrogen and oxygen atoms in total. The van der Waals surface area contributed by atoms with Crippen LogP contribution in [0.15, 0.2) is 77.7 Å². The van der Waals surface area contributed by atoms with Crippen molar-refractivity contribution in [1.29, 1.82) is 0 Å². The summed E-state index contributed by atoms with van der Waals surface area (Å²) in [5, 5.41) is 9.83. The quantitative estimate of drug-likeness (QED) is 0.728. The zero-order valence-corrected chi connectivity index (χ0v) is 14.3. The molecule has 0 spiro atoms. The lowest BCUT2D eigenvalue weighted by Crippen LogP contribution is -2.13. The molecule has 25 heavy (non-hydrogen) atoms. The van der Waals surface area contributed by atoms with E-state index in [0.29, 0.717) is 11.4 Å². The maximum atomic E-state index is 12.6. The van der Waals surface area contributed by atoms with Crippen LogP contribution in [0.25, 0.3) is 11.1 Å². The van der Waals surface area contributed by atoms with Crippen LogP contribution in [0, 0.1) is 0 Å². The van der Waals surface area contributed by atoms with Gasteiger partial charge in [-0.15, -0.1) is 0 Å². The number of hydrogen-bond acceptors (Lipinski definition) is 4. The van der Waals surface area contributed by atoms with Gasteiger partial charge in [-0.3, -0.25) is 4.72 Å². The zero-order chi connectivity index (χ0) is 17.9. The minimum Gasteiger partial charge on any atom is -0.507 e. The fraction of sp³-hybridized carbons (Fsp3) is 0.0526. The minimum absolute atomic E-state index is 0.192. The predicted molar refractivity (Wildman–Crippen MR) is 97.3 cm³/mol. The Morgan fingerprint density at radius 1 is 0.880 bits per heavy atom. The van der Waals surface area contributed by atoms with Gasteiger partial charge in [0.1, 0.15) is 16.4 Å². The summed E-state index contributed by atoms with van der Waals surface area (Å²) < 4.78 is 33.0. The topological polar surface area (TPSA) is 75.6 Å². The number of ether oxygens (including phenoxy) is 1. The average Bonchev–Trinajstić information content (AvgIpc) is 2.62. The van der Waals surface area contributed by atoms with Crippen LogP contribution in [-0.4, -0.2) is 20.6 Å². The molecule has 3 aromatic rings. The minimum atomic E-state index is -3.96. The van der Waals surface area contributed by atoms with Gasteiger partial charge in [0.15, 0.2) is 0 Å². The molecule has 6 heteroatoms. The van der Waals surface area contributed by atoms with E-state index in [1.807, 2.05) is 36.4 Å². The largest absolute Gasteiger partial charge is 0.507 e. The van der Waals surface area contributed by atoms with Crippen LogP contribution in [0.3, 0.4) is 0 Å². The second-order valence-corrected chi connectivity index (χ2v) is 7.01. The summed E-state index contributed by atoms with van der Waals surface area (Å²) >= 11 is 0. The molecule has 0 amide bonds. The van der Waals surface area contributed by atoms with E-state index in [2.05, 4.69) is 4.72 Å². The highest BCUT2D eigenvalue weighted by molar-refractivity contribution is 7.92. The Labute approximate surface area is 146 Å². The molecule has 0 radical (unpaired) electrons. The first-order valence-electron chi connectivity index (χ1n) is 7.55. The van der Waals surface area contributed by atoms with E-state index >= 15 is 0 Å². The van der Waals surface area contributed by atoms with Gasteiger partial charge in [-0.25, -0.2) is 8.42 Å². The SMILES string of the molecule is COc1ccc(-c2ccccc2)cc1NS(=O)(=O)c1ccccc1O. The van der Waals surface area contributed by atoms with Gasteiger partial charge in [0.05, 0.1) is 12.8 Å². The van der Waals surface area contributed by atoms with Gasteiger partial charge in [0.25, 0.3) is 10.0 Å². The number of para-hydroxylation sites is 1. The normalized spacial score (nSPS) is 11.1. The number of phenols is 1. The average molecular weight is 355 g/mol. The lowest BCUT2D eigenvalue weighted by molar-refractivity contribution is 0.417. The van der Waals surface area contributed by atoms with Crippen molar-refractivity contribution in [3.63, 3.8) is 0 Å². The molecular weight excluding hydrogens is 338 g/mol. The Balaban J connectivity index is 2.03. The Morgan fingerprint density at radius 3 is 2.24 bits per heavy atom. The van der Waals surface area contributed by atoms with Crippen molar-refractivity contribution in [3.05, 3.63) is 72.8 Å². The summed E-state index contributed by atoms with van der Waals surface area (Å²) in [6, 6.07) is 20.6. The summed E-state index contributed by atoms with van der Waals surface area (Å²) in [5.41, 5.74) is 2.09. The molecule has 0 heterocycles. The number of phenolic OH excluding ortho intramolecular Hbond substituents is 1. The Hall–Kier alpha value is -2.99. The molecule has 0 fully saturated rings. The molecule has 0 aliphatic rings. The maximum Gasteiger partial charge on any atom is 0.265 e. The van der Waals surface area contributed by atoms with E-state index in [1.165, 1.54) is 19.2 Å². The number of nitrogens with one attached hydrogen (secondary N) is 1. The molecule has 128 valence electrons. The Kier molecular flexibility index (Phi) is 4.63. The summed E-state index contributed by atoms with van der Waals surface area (Å²) in [6.45, 7) is 0. The van der Waals surface area contributed by atoms with Crippen LogP contribution in [0.2, 0.25) is 0 Å². The van der Waals surface area contributed by atoms with Crippen LogP contribution in [0.4, 0.5) is 5.69 Å². The van der Waals surface area contributed by atoms with Gasteiger partial charge in [0.2, 0.25) is 0 Å². The Bertz CT molecular complexity index is 985. The van der Waals surface area contributed by atoms with Crippen LogP contribution < -0.4 is 9.46 Å². The van der Waals surface area contributed by atoms with Crippen molar-refractivity contribution in [2.24, 2.45) is 0 Å². The van der Waals surface area contributed by atoms with E-state index < -0.39 is 10.0 Å². The highest BCUT2D eigenvalue weighted by Crippen LogP contribution is 2.33. The molecule has 0 aliphatic carbocycles. The molecule has 3 aromatic carbocycles. The smallest absolute Gasteiger partial charge is 0.265 e. The monoisotopic (exact) mass is 355 g/mol. The van der Waals surface area contributed by atoms with Gasteiger partial charge in [-0.2, -0.15) is 0 Å². The standard InChI is InChI=1S/C19H17NO4S/c1-24-18-12-11-15(14-7-3-2-4-8-14)13-16(18)20-25(22,23)19-10-6-5-9-17(19)21/h2-13,20-21H,1H3. The fourth-order valence-corrected chi connectivity index (χ4v) is 3.64. The van der Waals surface area contributed by atoms with Crippen molar-refractivity contribution >= 4 is 15.7 Å². The number of hydrogen-bond donors (Lipinski definition) is 2. The summed E-state index contributed by atoms with van der Waals surface area (Å²) in [7, 11) is -2.49. The van der Waals surface area contributed by atoms with Gasteiger partial charge < -0.3 is 9.84 Å². The predicted octanol–water partition coefficient (Wildman–Crippen LogP) is 3.87. The first-order valence-corrected chi connectivity index (χ1v) is 9.04. The molecular formula is C19H17NO4S. The number of anilines is 1. The van der Waals surface area contributed by atoms with Gasteiger partial charge >= 0.3 is 0 Å². The number of sulfonamides is 1. The van der Waals surface area contributed by atoms with Crippen molar-refractivity contribution < 1.29 is 18.3 Å². The van der Waals surface area contributed by atoms with Crippen LogP contribution in [0.1, 0.15) is 0 Å². The highest BCUT2D eigenvalue weighted by atomic mass is 32.2. The highest BCUT2D eigenvalue weighted by Gasteiger charge is 2.20. The third-order valence-electron chi connectivity index (χ3n) is 3.71. The number of methoxy groups -OCH3 is 1. The fourth-order valence-electron chi connectivity index (χ4n) is 2.48. The van der Waals surface area contributed by atoms with Gasteiger partial charge in [0, 0.05) is 0 Å². The van der Waals surface area contributed by atoms with E-state index in [9.17, 15) is 13.5 Å². The second kappa shape index (κ2) is 6.86. The van der Waals surface area contributed by atoms with Crippen molar-refractivity contribution in [2.45, 2.75) is 4.90 Å². The van der Waals surface area contributed by atoms with E-state index in [0.717, 1.165) is 11.1 Å². The summed E-state index contributed by atoms with van der Waals surface area (Å²) in [5.74, 6) is 0.0758. The first-order chi connectivity index (χ1) is 12.0. The number of rotatable bonds is 5. The van der Waals surface area contributed by atoms with Crippen molar-refractivity contribution in [2.75, 3.05) is 11.8 Å². The van der Waals surface area contributed by atoms with Gasteiger partial charge in [-0.1, -0.05) is 48.5 Å². The summed E-state index contributed by atoms with van der Waals surface area (Å²) in [4.78, 5) is -0.192. The lowest BCUT2D eigenvalue weighted by atomic mass is 10.1. The zero-order valence-electron chi connectivity index (χ0n) is 13.5. The second-order valence-electron chi connectivity index (χ2n) is 5.35. The van der Waals surface area contributed by atoms with Crippen LogP contribution in [0.5, 0.6) is 11.5 Å². The molecule has 2 N–H and O–H groups in total.